The minimum Gasteiger partial charge on any atom is -0.383 e. The molecule has 4 rings (SSSR count). The van der Waals surface area contributed by atoms with E-state index in [4.69, 9.17) is 15.2 Å². The number of aromatic nitrogens is 1. The van der Waals surface area contributed by atoms with Crippen LogP contribution >= 0.6 is 0 Å². The van der Waals surface area contributed by atoms with Gasteiger partial charge in [-0.25, -0.2) is 4.98 Å². The van der Waals surface area contributed by atoms with Gasteiger partial charge in [0.15, 0.2) is 6.29 Å². The molecule has 24 heavy (non-hydrogen) atoms. The lowest BCUT2D eigenvalue weighted by Gasteiger charge is -2.40. The van der Waals surface area contributed by atoms with Gasteiger partial charge in [-0.1, -0.05) is 6.92 Å². The molecule has 1 aromatic rings. The van der Waals surface area contributed by atoms with Crippen molar-refractivity contribution in [1.29, 1.82) is 0 Å². The Hall–Kier alpha value is -1.66. The first-order valence-corrected chi connectivity index (χ1v) is 8.95. The molecule has 0 radical (unpaired) electrons. The molecule has 0 aromatic carbocycles. The van der Waals surface area contributed by atoms with E-state index in [0.717, 1.165) is 44.2 Å². The van der Waals surface area contributed by atoms with Gasteiger partial charge in [0, 0.05) is 12.7 Å². The zero-order valence-corrected chi connectivity index (χ0v) is 14.2. The molecule has 6 heteroatoms. The minimum atomic E-state index is -0.313. The Bertz CT molecular complexity index is 643. The second kappa shape index (κ2) is 6.33. The number of aryl methyl sites for hydroxylation is 1. The number of nitrogens with zero attached hydrogens (tertiary/aromatic N) is 2. The predicted molar refractivity (Wildman–Crippen MR) is 89.6 cm³/mol. The number of amides is 1. The molecule has 2 fully saturated rings. The summed E-state index contributed by atoms with van der Waals surface area (Å²) in [6, 6.07) is -0.0344. The van der Waals surface area contributed by atoms with Crippen LogP contribution in [-0.2, 0) is 22.3 Å². The molecule has 2 unspecified atom stereocenters. The molecule has 0 spiro atoms. The van der Waals surface area contributed by atoms with Crippen molar-refractivity contribution < 1.29 is 14.3 Å². The molecule has 1 amide bonds. The van der Waals surface area contributed by atoms with E-state index in [1.807, 2.05) is 11.1 Å². The van der Waals surface area contributed by atoms with E-state index in [0.29, 0.717) is 30.5 Å². The van der Waals surface area contributed by atoms with E-state index in [9.17, 15) is 4.79 Å². The number of hydrogen-bond donors (Lipinski definition) is 1. The second-order valence-electron chi connectivity index (χ2n) is 7.19. The topological polar surface area (TPSA) is 77.7 Å². The summed E-state index contributed by atoms with van der Waals surface area (Å²) in [5.74, 6) is 0.817. The van der Waals surface area contributed by atoms with Gasteiger partial charge in [-0.15, -0.1) is 0 Å². The Morgan fingerprint density at radius 2 is 2.08 bits per heavy atom. The zero-order valence-electron chi connectivity index (χ0n) is 14.2. The highest BCUT2D eigenvalue weighted by Gasteiger charge is 2.40. The van der Waals surface area contributed by atoms with Gasteiger partial charge in [0.2, 0.25) is 0 Å². The average Bonchev–Trinajstić information content (AvgIpc) is 3.25. The quantitative estimate of drug-likeness (QED) is 0.893. The molecule has 6 nitrogen and oxygen atoms in total. The number of hydrogen-bond acceptors (Lipinski definition) is 5. The van der Waals surface area contributed by atoms with Crippen molar-refractivity contribution in [2.24, 2.45) is 5.92 Å². The van der Waals surface area contributed by atoms with Gasteiger partial charge in [-0.3, -0.25) is 4.79 Å². The van der Waals surface area contributed by atoms with Crippen molar-refractivity contribution in [3.63, 3.8) is 0 Å². The Balaban J connectivity index is 1.67. The van der Waals surface area contributed by atoms with Crippen molar-refractivity contribution in [1.82, 2.24) is 9.88 Å². The largest absolute Gasteiger partial charge is 0.383 e. The summed E-state index contributed by atoms with van der Waals surface area (Å²) in [4.78, 5) is 19.6. The van der Waals surface area contributed by atoms with Crippen molar-refractivity contribution in [2.45, 2.75) is 51.4 Å². The number of nitrogens with two attached hydrogens (primary N) is 1. The van der Waals surface area contributed by atoms with Gasteiger partial charge in [-0.05, 0) is 49.1 Å². The maximum absolute atomic E-state index is 13.4. The van der Waals surface area contributed by atoms with Gasteiger partial charge < -0.3 is 20.1 Å². The van der Waals surface area contributed by atoms with Crippen LogP contribution in [-0.4, -0.2) is 47.9 Å². The summed E-state index contributed by atoms with van der Waals surface area (Å²) in [5.41, 5.74) is 8.99. The standard InChI is InChI=1S/C18H25N3O3/c1-11-5-6-14(18-23-7-8-24-18)21(10-11)17(22)15-13-4-2-3-12(13)9-20-16(15)19/h9,11,14,18H,2-8,10H2,1H3,(H2,19,20). The minimum absolute atomic E-state index is 0.00519. The van der Waals surface area contributed by atoms with Crippen LogP contribution in [0.15, 0.2) is 6.20 Å². The molecule has 3 heterocycles. The Labute approximate surface area is 142 Å². The van der Waals surface area contributed by atoms with E-state index in [2.05, 4.69) is 11.9 Å². The number of carbonyl (C=O) groups excluding carboxylic acids is 1. The van der Waals surface area contributed by atoms with Crippen molar-refractivity contribution in [2.75, 3.05) is 25.5 Å². The van der Waals surface area contributed by atoms with Crippen LogP contribution in [0.1, 0.15) is 47.7 Å². The number of fused-ring (bicyclic) bond motifs is 1. The molecule has 0 saturated carbocycles. The van der Waals surface area contributed by atoms with Crippen LogP contribution in [0.3, 0.4) is 0 Å². The summed E-state index contributed by atoms with van der Waals surface area (Å²) >= 11 is 0. The van der Waals surface area contributed by atoms with Gasteiger partial charge >= 0.3 is 0 Å². The maximum atomic E-state index is 13.4. The fourth-order valence-corrected chi connectivity index (χ4v) is 4.23. The average molecular weight is 331 g/mol. The van der Waals surface area contributed by atoms with Gasteiger partial charge in [-0.2, -0.15) is 0 Å². The molecular weight excluding hydrogens is 306 g/mol. The SMILES string of the molecule is CC1CCC(C2OCCO2)N(C(=O)c2c(N)ncc3c2CCC3)C1. The lowest BCUT2D eigenvalue weighted by atomic mass is 9.92. The number of anilines is 1. The fraction of sp³-hybridized carbons (Fsp3) is 0.667. The fourth-order valence-electron chi connectivity index (χ4n) is 4.23. The molecule has 1 aliphatic carbocycles. The van der Waals surface area contributed by atoms with Crippen LogP contribution in [0.2, 0.25) is 0 Å². The summed E-state index contributed by atoms with van der Waals surface area (Å²) in [7, 11) is 0. The van der Waals surface area contributed by atoms with Gasteiger partial charge in [0.05, 0.1) is 24.8 Å². The molecule has 2 saturated heterocycles. The zero-order chi connectivity index (χ0) is 16.7. The van der Waals surface area contributed by atoms with Crippen molar-refractivity contribution in [3.8, 4) is 0 Å². The van der Waals surface area contributed by atoms with Crippen LogP contribution in [0.5, 0.6) is 0 Å². The van der Waals surface area contributed by atoms with Crippen LogP contribution in [0, 0.1) is 5.92 Å². The number of pyridine rings is 1. The van der Waals surface area contributed by atoms with Crippen LogP contribution in [0.25, 0.3) is 0 Å². The smallest absolute Gasteiger partial charge is 0.258 e. The lowest BCUT2D eigenvalue weighted by molar-refractivity contribution is -0.104. The molecule has 1 aromatic heterocycles. The first-order valence-electron chi connectivity index (χ1n) is 8.95. The third-order valence-electron chi connectivity index (χ3n) is 5.48. The predicted octanol–water partition coefficient (Wildman–Crippen LogP) is 1.77. The third kappa shape index (κ3) is 2.67. The van der Waals surface area contributed by atoms with Crippen molar-refractivity contribution in [3.05, 3.63) is 22.9 Å². The number of likely N-dealkylation sites (tertiary alicyclic amines) is 1. The first kappa shape index (κ1) is 15.8. The Kier molecular flexibility index (Phi) is 4.18. The number of carbonyl (C=O) groups is 1. The monoisotopic (exact) mass is 331 g/mol. The first-order chi connectivity index (χ1) is 11.6. The van der Waals surface area contributed by atoms with E-state index in [1.165, 1.54) is 5.56 Å². The van der Waals surface area contributed by atoms with E-state index >= 15 is 0 Å². The molecule has 130 valence electrons. The highest BCUT2D eigenvalue weighted by Crippen LogP contribution is 2.33. The summed E-state index contributed by atoms with van der Waals surface area (Å²) in [6.45, 7) is 4.10. The molecule has 0 bridgehead atoms. The van der Waals surface area contributed by atoms with Crippen molar-refractivity contribution >= 4 is 11.7 Å². The van der Waals surface area contributed by atoms with Crippen LogP contribution < -0.4 is 5.73 Å². The highest BCUT2D eigenvalue weighted by molar-refractivity contribution is 6.00. The second-order valence-corrected chi connectivity index (χ2v) is 7.19. The number of rotatable bonds is 2. The number of piperidine rings is 1. The Morgan fingerprint density at radius 1 is 1.29 bits per heavy atom. The third-order valence-corrected chi connectivity index (χ3v) is 5.48. The van der Waals surface area contributed by atoms with E-state index < -0.39 is 0 Å². The lowest BCUT2D eigenvalue weighted by Crippen LogP contribution is -2.52. The van der Waals surface area contributed by atoms with Crippen LogP contribution in [0.4, 0.5) is 5.82 Å². The number of ether oxygens (including phenoxy) is 2. The molecule has 2 N–H and O–H groups in total. The maximum Gasteiger partial charge on any atom is 0.258 e. The summed E-state index contributed by atoms with van der Waals surface area (Å²) in [6.07, 6.45) is 6.46. The van der Waals surface area contributed by atoms with Gasteiger partial charge in [0.25, 0.3) is 5.91 Å². The normalized spacial score (nSPS) is 27.5. The molecular formula is C18H25N3O3. The molecule has 2 aliphatic heterocycles. The van der Waals surface area contributed by atoms with E-state index in [-0.39, 0.29) is 18.2 Å². The summed E-state index contributed by atoms with van der Waals surface area (Å²) < 4.78 is 11.4. The van der Waals surface area contributed by atoms with Gasteiger partial charge in [0.1, 0.15) is 5.82 Å². The highest BCUT2D eigenvalue weighted by atomic mass is 16.7. The number of nitrogen functional groups attached to an aromatic ring is 1. The Morgan fingerprint density at radius 3 is 2.88 bits per heavy atom. The molecule has 3 aliphatic rings. The van der Waals surface area contributed by atoms with E-state index in [1.54, 1.807) is 0 Å². The molecule has 2 atom stereocenters. The summed E-state index contributed by atoms with van der Waals surface area (Å²) in [5, 5.41) is 0.